The fourth-order valence-corrected chi connectivity index (χ4v) is 3.52. The first-order valence-corrected chi connectivity index (χ1v) is 8.35. The second-order valence-electron chi connectivity index (χ2n) is 5.57. The van der Waals surface area contributed by atoms with Crippen molar-refractivity contribution in [1.29, 1.82) is 0 Å². The zero-order valence-electron chi connectivity index (χ0n) is 12.3. The molecule has 1 aliphatic rings. The molecule has 6 heteroatoms. The number of hydrogen-bond donors (Lipinski definition) is 0. The molecule has 0 amide bonds. The molecule has 2 heterocycles. The van der Waals surface area contributed by atoms with E-state index < -0.39 is 5.76 Å². The van der Waals surface area contributed by atoms with Crippen molar-refractivity contribution in [2.75, 3.05) is 0 Å². The largest absolute Gasteiger partial charge is 0.437 e. The minimum atomic E-state index is -0.608. The van der Waals surface area contributed by atoms with Gasteiger partial charge in [-0.2, -0.15) is 4.68 Å². The number of rotatable bonds is 4. The van der Waals surface area contributed by atoms with Gasteiger partial charge in [0.15, 0.2) is 5.78 Å². The number of aromatic nitrogens is 2. The number of thiophene rings is 1. The average Bonchev–Trinajstić information content (AvgIpc) is 3.27. The summed E-state index contributed by atoms with van der Waals surface area (Å²) in [6.45, 7) is -0.105. The van der Waals surface area contributed by atoms with E-state index in [-0.39, 0.29) is 18.2 Å². The van der Waals surface area contributed by atoms with Crippen molar-refractivity contribution in [3.05, 3.63) is 63.0 Å². The number of carbonyl (C=O) groups excluding carboxylic acids is 1. The number of aryl methyl sites for hydroxylation is 2. The monoisotopic (exact) mass is 326 g/mol. The highest BCUT2D eigenvalue weighted by molar-refractivity contribution is 7.13. The third-order valence-electron chi connectivity index (χ3n) is 4.05. The third kappa shape index (κ3) is 2.66. The summed E-state index contributed by atoms with van der Waals surface area (Å²) in [5.41, 5.74) is 3.18. The van der Waals surface area contributed by atoms with Crippen molar-refractivity contribution in [3.8, 4) is 10.8 Å². The van der Waals surface area contributed by atoms with Crippen LogP contribution in [0.5, 0.6) is 0 Å². The molecular weight excluding hydrogens is 312 g/mol. The highest BCUT2D eigenvalue weighted by atomic mass is 32.1. The maximum atomic E-state index is 12.4. The van der Waals surface area contributed by atoms with Crippen LogP contribution < -0.4 is 5.76 Å². The lowest BCUT2D eigenvalue weighted by atomic mass is 10.0. The van der Waals surface area contributed by atoms with E-state index in [1.54, 1.807) is 0 Å². The molecule has 3 aromatic rings. The Bertz CT molecular complexity index is 922. The standard InChI is InChI=1S/C17H14N2O3S/c20-14(13-7-6-11-3-1-4-12(11)9-13)10-19-17(21)22-16(18-19)15-5-2-8-23-15/h2,5-9H,1,3-4,10H2. The van der Waals surface area contributed by atoms with E-state index in [9.17, 15) is 9.59 Å². The zero-order chi connectivity index (χ0) is 15.8. The highest BCUT2D eigenvalue weighted by Crippen LogP contribution is 2.23. The van der Waals surface area contributed by atoms with E-state index in [1.807, 2.05) is 35.7 Å². The summed E-state index contributed by atoms with van der Waals surface area (Å²) < 4.78 is 6.21. The van der Waals surface area contributed by atoms with Crippen LogP contribution in [0.4, 0.5) is 0 Å². The molecule has 0 saturated heterocycles. The van der Waals surface area contributed by atoms with Crippen LogP contribution in [0.3, 0.4) is 0 Å². The van der Waals surface area contributed by atoms with E-state index >= 15 is 0 Å². The van der Waals surface area contributed by atoms with Crippen LogP contribution in [-0.4, -0.2) is 15.6 Å². The van der Waals surface area contributed by atoms with E-state index in [2.05, 4.69) is 5.10 Å². The van der Waals surface area contributed by atoms with Gasteiger partial charge in [-0.1, -0.05) is 18.2 Å². The Morgan fingerprint density at radius 3 is 2.96 bits per heavy atom. The van der Waals surface area contributed by atoms with Crippen molar-refractivity contribution in [2.45, 2.75) is 25.8 Å². The fraction of sp³-hybridized carbons (Fsp3) is 0.235. The molecule has 0 N–H and O–H groups in total. The van der Waals surface area contributed by atoms with Gasteiger partial charge in [0.2, 0.25) is 0 Å². The number of nitrogens with zero attached hydrogens (tertiary/aromatic N) is 2. The Morgan fingerprint density at radius 1 is 1.26 bits per heavy atom. The predicted molar refractivity (Wildman–Crippen MR) is 86.9 cm³/mol. The van der Waals surface area contributed by atoms with Crippen molar-refractivity contribution in [1.82, 2.24) is 9.78 Å². The van der Waals surface area contributed by atoms with Gasteiger partial charge in [0.25, 0.3) is 5.89 Å². The molecular formula is C17H14N2O3S. The molecule has 1 aliphatic carbocycles. The number of fused-ring (bicyclic) bond motifs is 1. The molecule has 0 bridgehead atoms. The quantitative estimate of drug-likeness (QED) is 0.692. The molecule has 4 rings (SSSR count). The van der Waals surface area contributed by atoms with Crippen LogP contribution in [0.1, 0.15) is 27.9 Å². The smallest absolute Gasteiger partial charge is 0.387 e. The lowest BCUT2D eigenvalue weighted by molar-refractivity contribution is 0.0965. The summed E-state index contributed by atoms with van der Waals surface area (Å²) in [5, 5.41) is 6.00. The Morgan fingerprint density at radius 2 is 2.13 bits per heavy atom. The molecule has 0 aliphatic heterocycles. The average molecular weight is 326 g/mol. The lowest BCUT2D eigenvalue weighted by Crippen LogP contribution is -2.21. The minimum absolute atomic E-state index is 0.105. The molecule has 1 aromatic carbocycles. The summed E-state index contributed by atoms with van der Waals surface area (Å²) in [6.07, 6.45) is 3.24. The molecule has 0 saturated carbocycles. The normalized spacial score (nSPS) is 13.2. The molecule has 0 radical (unpaired) electrons. The van der Waals surface area contributed by atoms with Gasteiger partial charge in [0.1, 0.15) is 6.54 Å². The van der Waals surface area contributed by atoms with Crippen LogP contribution >= 0.6 is 11.3 Å². The summed E-state index contributed by atoms with van der Waals surface area (Å²) in [4.78, 5) is 25.1. The van der Waals surface area contributed by atoms with Crippen LogP contribution in [0.25, 0.3) is 10.8 Å². The summed E-state index contributed by atoms with van der Waals surface area (Å²) in [7, 11) is 0. The number of ketones is 1. The van der Waals surface area contributed by atoms with Gasteiger partial charge in [-0.25, -0.2) is 4.79 Å². The Hall–Kier alpha value is -2.47. The van der Waals surface area contributed by atoms with Gasteiger partial charge in [-0.05, 0) is 47.9 Å². The van der Waals surface area contributed by atoms with Crippen molar-refractivity contribution >= 4 is 17.1 Å². The van der Waals surface area contributed by atoms with Gasteiger partial charge < -0.3 is 4.42 Å². The highest BCUT2D eigenvalue weighted by Gasteiger charge is 2.17. The van der Waals surface area contributed by atoms with Gasteiger partial charge in [0, 0.05) is 5.56 Å². The fourth-order valence-electron chi connectivity index (χ4n) is 2.88. The Kier molecular flexibility index (Phi) is 3.46. The topological polar surface area (TPSA) is 65.1 Å². The predicted octanol–water partition coefficient (Wildman–Crippen LogP) is 2.94. The first-order valence-electron chi connectivity index (χ1n) is 7.47. The summed E-state index contributed by atoms with van der Waals surface area (Å²) in [5.74, 6) is -0.484. The number of carbonyl (C=O) groups is 1. The molecule has 2 aromatic heterocycles. The van der Waals surface area contributed by atoms with Crippen LogP contribution in [0.15, 0.2) is 44.9 Å². The zero-order valence-corrected chi connectivity index (χ0v) is 13.1. The maximum Gasteiger partial charge on any atom is 0.437 e. The number of Topliss-reactive ketones (excluding diaryl/α,β-unsaturated/α-hetero) is 1. The van der Waals surface area contributed by atoms with E-state index in [1.165, 1.54) is 22.5 Å². The Balaban J connectivity index is 1.58. The van der Waals surface area contributed by atoms with E-state index in [4.69, 9.17) is 4.42 Å². The maximum absolute atomic E-state index is 12.4. The number of benzene rings is 1. The first kappa shape index (κ1) is 14.1. The second-order valence-corrected chi connectivity index (χ2v) is 6.52. The third-order valence-corrected chi connectivity index (χ3v) is 4.91. The van der Waals surface area contributed by atoms with Gasteiger partial charge in [-0.3, -0.25) is 4.79 Å². The van der Waals surface area contributed by atoms with Crippen LogP contribution in [0, 0.1) is 0 Å². The molecule has 23 heavy (non-hydrogen) atoms. The molecule has 0 unspecified atom stereocenters. The second kappa shape index (κ2) is 5.62. The number of hydrogen-bond acceptors (Lipinski definition) is 5. The molecule has 0 fully saturated rings. The van der Waals surface area contributed by atoms with E-state index in [0.717, 1.165) is 28.8 Å². The minimum Gasteiger partial charge on any atom is -0.387 e. The molecule has 5 nitrogen and oxygen atoms in total. The summed E-state index contributed by atoms with van der Waals surface area (Å²) >= 11 is 1.43. The van der Waals surface area contributed by atoms with Gasteiger partial charge in [0.05, 0.1) is 4.88 Å². The molecule has 116 valence electrons. The SMILES string of the molecule is O=C(Cn1nc(-c2cccs2)oc1=O)c1ccc2c(c1)CCC2. The van der Waals surface area contributed by atoms with Gasteiger partial charge in [-0.15, -0.1) is 16.4 Å². The van der Waals surface area contributed by atoms with Gasteiger partial charge >= 0.3 is 5.76 Å². The van der Waals surface area contributed by atoms with E-state index in [0.29, 0.717) is 5.56 Å². The molecule has 0 atom stereocenters. The van der Waals surface area contributed by atoms with Crippen molar-refractivity contribution < 1.29 is 9.21 Å². The molecule has 0 spiro atoms. The van der Waals surface area contributed by atoms with Crippen LogP contribution in [-0.2, 0) is 19.4 Å². The first-order chi connectivity index (χ1) is 11.2. The lowest BCUT2D eigenvalue weighted by Gasteiger charge is -2.03. The van der Waals surface area contributed by atoms with Crippen LogP contribution in [0.2, 0.25) is 0 Å². The van der Waals surface area contributed by atoms with Crippen molar-refractivity contribution in [3.63, 3.8) is 0 Å². The Labute approximate surface area is 136 Å². The van der Waals surface area contributed by atoms with Crippen molar-refractivity contribution in [2.24, 2.45) is 0 Å². The summed E-state index contributed by atoms with van der Waals surface area (Å²) in [6, 6.07) is 9.46.